The van der Waals surface area contributed by atoms with Crippen molar-refractivity contribution in [3.8, 4) is 0 Å². The normalized spacial score (nSPS) is 26.3. The van der Waals surface area contributed by atoms with Crippen LogP contribution >= 0.6 is 0 Å². The van der Waals surface area contributed by atoms with Crippen molar-refractivity contribution < 1.29 is 14.3 Å². The number of hydrogen-bond acceptors (Lipinski definition) is 4. The van der Waals surface area contributed by atoms with E-state index in [1.807, 2.05) is 0 Å². The van der Waals surface area contributed by atoms with Gasteiger partial charge in [0.15, 0.2) is 0 Å². The first-order valence-corrected chi connectivity index (χ1v) is 7.68. The molecule has 4 heteroatoms. The van der Waals surface area contributed by atoms with Crippen molar-refractivity contribution in [2.24, 2.45) is 5.92 Å². The number of hydrogen-bond donors (Lipinski definition) is 0. The summed E-state index contributed by atoms with van der Waals surface area (Å²) < 4.78 is 10.3. The van der Waals surface area contributed by atoms with E-state index in [9.17, 15) is 4.79 Å². The van der Waals surface area contributed by atoms with Crippen LogP contribution in [0, 0.1) is 5.92 Å². The minimum absolute atomic E-state index is 0.0209. The predicted octanol–water partition coefficient (Wildman–Crippen LogP) is 2.22. The van der Waals surface area contributed by atoms with Crippen molar-refractivity contribution in [3.05, 3.63) is 0 Å². The summed E-state index contributed by atoms with van der Waals surface area (Å²) in [5.41, 5.74) is 0. The average Bonchev–Trinajstić information content (AvgIpc) is 2.46. The van der Waals surface area contributed by atoms with Crippen molar-refractivity contribution in [3.63, 3.8) is 0 Å². The molecule has 0 aromatic heterocycles. The smallest absolute Gasteiger partial charge is 0.308 e. The Bertz CT molecular complexity index is 277. The van der Waals surface area contributed by atoms with Gasteiger partial charge in [0, 0.05) is 13.1 Å². The summed E-state index contributed by atoms with van der Waals surface area (Å²) >= 11 is 0. The Morgan fingerprint density at radius 3 is 2.84 bits per heavy atom. The van der Waals surface area contributed by atoms with Gasteiger partial charge in [-0.2, -0.15) is 0 Å². The van der Waals surface area contributed by atoms with Crippen molar-refractivity contribution in [2.45, 2.75) is 51.0 Å². The molecule has 2 aliphatic rings. The second-order valence-corrected chi connectivity index (χ2v) is 5.87. The molecule has 19 heavy (non-hydrogen) atoms. The molecule has 2 fully saturated rings. The van der Waals surface area contributed by atoms with E-state index in [-0.39, 0.29) is 12.1 Å². The van der Waals surface area contributed by atoms with Crippen molar-refractivity contribution >= 4 is 5.97 Å². The highest BCUT2D eigenvalue weighted by atomic mass is 16.5. The fraction of sp³-hybridized carbons (Fsp3) is 0.933. The Labute approximate surface area is 116 Å². The first-order valence-electron chi connectivity index (χ1n) is 7.68. The van der Waals surface area contributed by atoms with Crippen LogP contribution in [-0.2, 0) is 14.3 Å². The van der Waals surface area contributed by atoms with Gasteiger partial charge in [-0.25, -0.2) is 0 Å². The summed E-state index contributed by atoms with van der Waals surface area (Å²) in [6, 6.07) is 0. The van der Waals surface area contributed by atoms with Crippen molar-refractivity contribution in [1.29, 1.82) is 0 Å². The number of carbonyl (C=O) groups is 1. The predicted molar refractivity (Wildman–Crippen MR) is 74.0 cm³/mol. The van der Waals surface area contributed by atoms with Crippen LogP contribution in [0.4, 0.5) is 0 Å². The van der Waals surface area contributed by atoms with Gasteiger partial charge in [0.05, 0.1) is 26.2 Å². The highest BCUT2D eigenvalue weighted by Gasteiger charge is 2.24. The number of nitrogens with zero attached hydrogens (tertiary/aromatic N) is 1. The zero-order chi connectivity index (χ0) is 13.5. The molecule has 0 aromatic rings. The monoisotopic (exact) mass is 269 g/mol. The Morgan fingerprint density at radius 2 is 2.11 bits per heavy atom. The molecule has 1 unspecified atom stereocenters. The molecule has 1 aliphatic heterocycles. The van der Waals surface area contributed by atoms with E-state index in [0.29, 0.717) is 6.42 Å². The van der Waals surface area contributed by atoms with Crippen LogP contribution in [0.5, 0.6) is 0 Å². The van der Waals surface area contributed by atoms with Gasteiger partial charge in [0.1, 0.15) is 0 Å². The SMILES string of the molecule is COC(=O)CC1CN(CCC2CCCCC2)CCO1. The maximum Gasteiger partial charge on any atom is 0.308 e. The number of morpholine rings is 1. The fourth-order valence-corrected chi connectivity index (χ4v) is 3.22. The van der Waals surface area contributed by atoms with Crippen LogP contribution in [0.15, 0.2) is 0 Å². The maximum atomic E-state index is 11.3. The standard InChI is InChI=1S/C15H27NO3/c1-18-15(17)11-14-12-16(9-10-19-14)8-7-13-5-3-2-4-6-13/h13-14H,2-12H2,1H3. The van der Waals surface area contributed by atoms with E-state index in [4.69, 9.17) is 9.47 Å². The molecule has 1 heterocycles. The van der Waals surface area contributed by atoms with E-state index in [2.05, 4.69) is 4.90 Å². The Morgan fingerprint density at radius 1 is 1.32 bits per heavy atom. The van der Waals surface area contributed by atoms with Crippen LogP contribution in [0.1, 0.15) is 44.9 Å². The van der Waals surface area contributed by atoms with Gasteiger partial charge in [-0.15, -0.1) is 0 Å². The minimum Gasteiger partial charge on any atom is -0.469 e. The fourth-order valence-electron chi connectivity index (χ4n) is 3.22. The first kappa shape index (κ1) is 14.8. The largest absolute Gasteiger partial charge is 0.469 e. The highest BCUT2D eigenvalue weighted by Crippen LogP contribution is 2.26. The summed E-state index contributed by atoms with van der Waals surface area (Å²) in [5, 5.41) is 0. The summed E-state index contributed by atoms with van der Waals surface area (Å²) in [6.07, 6.45) is 8.80. The summed E-state index contributed by atoms with van der Waals surface area (Å²) in [6.45, 7) is 3.78. The molecule has 0 radical (unpaired) electrons. The van der Waals surface area contributed by atoms with Crippen molar-refractivity contribution in [2.75, 3.05) is 33.4 Å². The van der Waals surface area contributed by atoms with Gasteiger partial charge in [-0.05, 0) is 18.9 Å². The van der Waals surface area contributed by atoms with Crippen LogP contribution in [0.3, 0.4) is 0 Å². The van der Waals surface area contributed by atoms with E-state index in [0.717, 1.165) is 32.2 Å². The Hall–Kier alpha value is -0.610. The van der Waals surface area contributed by atoms with Crippen molar-refractivity contribution in [1.82, 2.24) is 4.90 Å². The number of ether oxygens (including phenoxy) is 2. The molecular formula is C15H27NO3. The van der Waals surface area contributed by atoms with Gasteiger partial charge in [-0.3, -0.25) is 9.69 Å². The third-order valence-electron chi connectivity index (χ3n) is 4.42. The zero-order valence-electron chi connectivity index (χ0n) is 12.1. The summed E-state index contributed by atoms with van der Waals surface area (Å²) in [5.74, 6) is 0.759. The minimum atomic E-state index is -0.167. The van der Waals surface area contributed by atoms with E-state index < -0.39 is 0 Å². The van der Waals surface area contributed by atoms with E-state index in [1.165, 1.54) is 45.6 Å². The van der Waals surface area contributed by atoms with Gasteiger partial charge in [0.25, 0.3) is 0 Å². The lowest BCUT2D eigenvalue weighted by molar-refractivity contribution is -0.145. The molecule has 110 valence electrons. The molecular weight excluding hydrogens is 242 g/mol. The quantitative estimate of drug-likeness (QED) is 0.717. The molecule has 2 rings (SSSR count). The summed E-state index contributed by atoms with van der Waals surface area (Å²) in [4.78, 5) is 13.7. The topological polar surface area (TPSA) is 38.8 Å². The lowest BCUT2D eigenvalue weighted by atomic mass is 9.87. The molecule has 1 saturated carbocycles. The third-order valence-corrected chi connectivity index (χ3v) is 4.42. The van der Waals surface area contributed by atoms with Crippen LogP contribution in [0.2, 0.25) is 0 Å². The Balaban J connectivity index is 1.67. The molecule has 0 amide bonds. The second-order valence-electron chi connectivity index (χ2n) is 5.87. The van der Waals surface area contributed by atoms with Gasteiger partial charge >= 0.3 is 5.97 Å². The van der Waals surface area contributed by atoms with Crippen LogP contribution < -0.4 is 0 Å². The second kappa shape index (κ2) is 7.85. The molecule has 1 saturated heterocycles. The van der Waals surface area contributed by atoms with Crippen LogP contribution in [0.25, 0.3) is 0 Å². The average molecular weight is 269 g/mol. The van der Waals surface area contributed by atoms with Gasteiger partial charge in [0.2, 0.25) is 0 Å². The zero-order valence-corrected chi connectivity index (χ0v) is 12.1. The maximum absolute atomic E-state index is 11.3. The lowest BCUT2D eigenvalue weighted by Crippen LogP contribution is -2.44. The van der Waals surface area contributed by atoms with E-state index >= 15 is 0 Å². The molecule has 0 spiro atoms. The molecule has 1 atom stereocenters. The van der Waals surface area contributed by atoms with Gasteiger partial charge in [-0.1, -0.05) is 32.1 Å². The molecule has 0 aromatic carbocycles. The Kier molecular flexibility index (Phi) is 6.11. The number of rotatable bonds is 5. The van der Waals surface area contributed by atoms with E-state index in [1.54, 1.807) is 0 Å². The number of esters is 1. The number of carbonyl (C=O) groups excluding carboxylic acids is 1. The molecule has 1 aliphatic carbocycles. The molecule has 0 N–H and O–H groups in total. The third kappa shape index (κ3) is 5.11. The van der Waals surface area contributed by atoms with Gasteiger partial charge < -0.3 is 9.47 Å². The summed E-state index contributed by atoms with van der Waals surface area (Å²) in [7, 11) is 1.44. The first-order chi connectivity index (χ1) is 9.28. The molecule has 4 nitrogen and oxygen atoms in total. The highest BCUT2D eigenvalue weighted by molar-refractivity contribution is 5.69. The number of methoxy groups -OCH3 is 1. The lowest BCUT2D eigenvalue weighted by Gasteiger charge is -2.33. The van der Waals surface area contributed by atoms with Crippen LogP contribution in [-0.4, -0.2) is 50.3 Å². The molecule has 0 bridgehead atoms.